The van der Waals surface area contributed by atoms with Crippen molar-refractivity contribution >= 4 is 29.2 Å². The summed E-state index contributed by atoms with van der Waals surface area (Å²) in [7, 11) is 1.31. The maximum absolute atomic E-state index is 12.7. The summed E-state index contributed by atoms with van der Waals surface area (Å²) in [6.45, 7) is 2.11. The number of carbonyl (C=O) groups is 2. The van der Waals surface area contributed by atoms with Gasteiger partial charge in [-0.2, -0.15) is 0 Å². The Balaban J connectivity index is 1.58. The maximum atomic E-state index is 12.7. The molecule has 1 N–H and O–H groups in total. The highest BCUT2D eigenvalue weighted by molar-refractivity contribution is 6.03. The standard InChI is InChI=1S/C22H20N4O3/c1-14-12-15-6-3-4-9-19(15)26(14)22-23-11-10-18(25-22)20(27)24-17-8-5-7-16(13-17)21(28)29-2/h3-11,13-14H,12H2,1-2H3,(H,24,27). The third-order valence-corrected chi connectivity index (χ3v) is 4.84. The number of para-hydroxylation sites is 1. The summed E-state index contributed by atoms with van der Waals surface area (Å²) in [6, 6.07) is 16.4. The van der Waals surface area contributed by atoms with Crippen LogP contribution in [0.5, 0.6) is 0 Å². The highest BCUT2D eigenvalue weighted by atomic mass is 16.5. The normalized spacial score (nSPS) is 15.0. The van der Waals surface area contributed by atoms with Crippen molar-refractivity contribution in [3.05, 3.63) is 77.6 Å². The molecule has 1 amide bonds. The van der Waals surface area contributed by atoms with Gasteiger partial charge in [0.05, 0.1) is 12.7 Å². The molecule has 0 spiro atoms. The number of benzene rings is 2. The highest BCUT2D eigenvalue weighted by Gasteiger charge is 2.29. The summed E-state index contributed by atoms with van der Waals surface area (Å²) >= 11 is 0. The Morgan fingerprint density at radius 2 is 1.97 bits per heavy atom. The average Bonchev–Trinajstić information content (AvgIpc) is 3.09. The van der Waals surface area contributed by atoms with Crippen LogP contribution in [0.1, 0.15) is 33.3 Å². The van der Waals surface area contributed by atoms with Gasteiger partial charge >= 0.3 is 5.97 Å². The molecule has 1 aromatic heterocycles. The van der Waals surface area contributed by atoms with Crippen molar-refractivity contribution in [2.45, 2.75) is 19.4 Å². The number of hydrogen-bond donors (Lipinski definition) is 1. The van der Waals surface area contributed by atoms with Crippen molar-refractivity contribution in [1.82, 2.24) is 9.97 Å². The number of aromatic nitrogens is 2. The summed E-state index contributed by atoms with van der Waals surface area (Å²) in [5, 5.41) is 2.77. The number of carbonyl (C=O) groups excluding carboxylic acids is 2. The fourth-order valence-electron chi connectivity index (χ4n) is 3.50. The van der Waals surface area contributed by atoms with Gasteiger partial charge in [-0.25, -0.2) is 14.8 Å². The van der Waals surface area contributed by atoms with Crippen molar-refractivity contribution in [1.29, 1.82) is 0 Å². The molecule has 29 heavy (non-hydrogen) atoms. The molecule has 0 radical (unpaired) electrons. The Kier molecular flexibility index (Phi) is 4.95. The molecule has 1 aliphatic heterocycles. The highest BCUT2D eigenvalue weighted by Crippen LogP contribution is 2.36. The number of esters is 1. The monoisotopic (exact) mass is 388 g/mol. The second kappa shape index (κ2) is 7.71. The van der Waals surface area contributed by atoms with Gasteiger partial charge < -0.3 is 15.0 Å². The molecule has 0 bridgehead atoms. The first kappa shape index (κ1) is 18.6. The number of rotatable bonds is 4. The zero-order valence-corrected chi connectivity index (χ0v) is 16.1. The first-order valence-corrected chi connectivity index (χ1v) is 9.26. The van der Waals surface area contributed by atoms with E-state index >= 15 is 0 Å². The number of nitrogens with zero attached hydrogens (tertiary/aromatic N) is 3. The Morgan fingerprint density at radius 1 is 1.14 bits per heavy atom. The molecule has 0 aliphatic carbocycles. The van der Waals surface area contributed by atoms with E-state index in [1.165, 1.54) is 12.7 Å². The minimum absolute atomic E-state index is 0.197. The van der Waals surface area contributed by atoms with E-state index in [9.17, 15) is 9.59 Å². The number of fused-ring (bicyclic) bond motifs is 1. The number of hydrogen-bond acceptors (Lipinski definition) is 6. The molecule has 4 rings (SSSR count). The Bertz CT molecular complexity index is 1080. The van der Waals surface area contributed by atoms with Crippen molar-refractivity contribution < 1.29 is 14.3 Å². The van der Waals surface area contributed by atoms with Crippen LogP contribution in [0.2, 0.25) is 0 Å². The maximum Gasteiger partial charge on any atom is 0.337 e. The molecule has 146 valence electrons. The molecule has 0 saturated heterocycles. The van der Waals surface area contributed by atoms with Gasteiger partial charge in [0.25, 0.3) is 5.91 Å². The van der Waals surface area contributed by atoms with Gasteiger partial charge in [0.15, 0.2) is 0 Å². The predicted octanol–water partition coefficient (Wildman–Crippen LogP) is 3.60. The fraction of sp³-hybridized carbons (Fsp3) is 0.182. The molecule has 2 aromatic carbocycles. The quantitative estimate of drug-likeness (QED) is 0.688. The van der Waals surface area contributed by atoms with E-state index in [1.807, 2.05) is 23.1 Å². The van der Waals surface area contributed by atoms with E-state index in [0.717, 1.165) is 12.1 Å². The number of ether oxygens (including phenoxy) is 1. The lowest BCUT2D eigenvalue weighted by Crippen LogP contribution is -2.27. The third kappa shape index (κ3) is 3.67. The SMILES string of the molecule is COC(=O)c1cccc(NC(=O)c2ccnc(N3c4ccccc4CC3C)n2)c1. The molecule has 2 heterocycles. The summed E-state index contributed by atoms with van der Waals surface area (Å²) < 4.78 is 4.71. The molecular weight excluding hydrogens is 368 g/mol. The van der Waals surface area contributed by atoms with Crippen LogP contribution in [-0.4, -0.2) is 35.0 Å². The summed E-state index contributed by atoms with van der Waals surface area (Å²) in [4.78, 5) is 35.3. The summed E-state index contributed by atoms with van der Waals surface area (Å²) in [5.41, 5.74) is 3.38. The van der Waals surface area contributed by atoms with E-state index in [4.69, 9.17) is 4.74 Å². The van der Waals surface area contributed by atoms with Crippen LogP contribution in [0.25, 0.3) is 0 Å². The second-order valence-electron chi connectivity index (χ2n) is 6.82. The predicted molar refractivity (Wildman–Crippen MR) is 110 cm³/mol. The molecule has 1 unspecified atom stereocenters. The number of anilines is 3. The van der Waals surface area contributed by atoms with Crippen molar-refractivity contribution in [2.75, 3.05) is 17.3 Å². The van der Waals surface area contributed by atoms with Gasteiger partial charge in [-0.1, -0.05) is 24.3 Å². The van der Waals surface area contributed by atoms with E-state index < -0.39 is 5.97 Å². The summed E-state index contributed by atoms with van der Waals surface area (Å²) in [6.07, 6.45) is 2.48. The van der Waals surface area contributed by atoms with E-state index in [0.29, 0.717) is 17.2 Å². The van der Waals surface area contributed by atoms with Gasteiger partial charge in [-0.15, -0.1) is 0 Å². The number of methoxy groups -OCH3 is 1. The molecular formula is C22H20N4O3. The third-order valence-electron chi connectivity index (χ3n) is 4.84. The van der Waals surface area contributed by atoms with Crippen molar-refractivity contribution in [3.8, 4) is 0 Å². The lowest BCUT2D eigenvalue weighted by atomic mass is 10.1. The van der Waals surface area contributed by atoms with Gasteiger partial charge in [-0.3, -0.25) is 4.79 Å². The smallest absolute Gasteiger partial charge is 0.337 e. The summed E-state index contributed by atoms with van der Waals surface area (Å²) in [5.74, 6) is -0.360. The van der Waals surface area contributed by atoms with Crippen LogP contribution < -0.4 is 10.2 Å². The molecule has 0 fully saturated rings. The van der Waals surface area contributed by atoms with Gasteiger partial charge in [0, 0.05) is 23.6 Å². The van der Waals surface area contributed by atoms with Gasteiger partial charge in [-0.05, 0) is 49.2 Å². The minimum atomic E-state index is -0.466. The molecule has 0 saturated carbocycles. The lowest BCUT2D eigenvalue weighted by molar-refractivity contribution is 0.0600. The van der Waals surface area contributed by atoms with Crippen LogP contribution in [0.15, 0.2) is 60.8 Å². The average molecular weight is 388 g/mol. The van der Waals surface area contributed by atoms with E-state index in [1.54, 1.807) is 36.5 Å². The first-order valence-electron chi connectivity index (χ1n) is 9.26. The Morgan fingerprint density at radius 3 is 2.79 bits per heavy atom. The van der Waals surface area contributed by atoms with E-state index in [-0.39, 0.29) is 17.6 Å². The number of amides is 1. The zero-order chi connectivity index (χ0) is 20.4. The molecule has 7 nitrogen and oxygen atoms in total. The minimum Gasteiger partial charge on any atom is -0.465 e. The first-order chi connectivity index (χ1) is 14.1. The van der Waals surface area contributed by atoms with Crippen LogP contribution in [0.4, 0.5) is 17.3 Å². The Labute approximate surface area is 168 Å². The van der Waals surface area contributed by atoms with E-state index in [2.05, 4.69) is 28.3 Å². The molecule has 1 aliphatic rings. The fourth-order valence-corrected chi connectivity index (χ4v) is 3.50. The van der Waals surface area contributed by atoms with Crippen LogP contribution in [0, 0.1) is 0 Å². The van der Waals surface area contributed by atoms with Crippen molar-refractivity contribution in [2.24, 2.45) is 0 Å². The van der Waals surface area contributed by atoms with Crippen LogP contribution in [0.3, 0.4) is 0 Å². The largest absolute Gasteiger partial charge is 0.465 e. The van der Waals surface area contributed by atoms with Gasteiger partial charge in [0.2, 0.25) is 5.95 Å². The molecule has 7 heteroatoms. The zero-order valence-electron chi connectivity index (χ0n) is 16.1. The van der Waals surface area contributed by atoms with Crippen LogP contribution in [-0.2, 0) is 11.2 Å². The number of nitrogens with one attached hydrogen (secondary N) is 1. The second-order valence-corrected chi connectivity index (χ2v) is 6.82. The van der Waals surface area contributed by atoms with Gasteiger partial charge in [0.1, 0.15) is 5.69 Å². The lowest BCUT2D eigenvalue weighted by Gasteiger charge is -2.22. The van der Waals surface area contributed by atoms with Crippen LogP contribution >= 0.6 is 0 Å². The topological polar surface area (TPSA) is 84.4 Å². The molecule has 3 aromatic rings. The van der Waals surface area contributed by atoms with Crippen molar-refractivity contribution in [3.63, 3.8) is 0 Å². The molecule has 1 atom stereocenters. The Hall–Kier alpha value is -3.74.